The Balaban J connectivity index is 1.49. The molecule has 7 nitrogen and oxygen atoms in total. The summed E-state index contributed by atoms with van der Waals surface area (Å²) in [4.78, 5) is 29.1. The molecule has 0 aromatic heterocycles. The maximum atomic E-state index is 14.1. The van der Waals surface area contributed by atoms with Crippen molar-refractivity contribution in [1.29, 1.82) is 0 Å². The van der Waals surface area contributed by atoms with Crippen LogP contribution in [0.2, 0.25) is 0 Å². The van der Waals surface area contributed by atoms with E-state index in [0.29, 0.717) is 36.5 Å². The Hall–Kier alpha value is -2.65. The summed E-state index contributed by atoms with van der Waals surface area (Å²) in [5.74, 6) is -0.499. The lowest BCUT2D eigenvalue weighted by Gasteiger charge is -2.38. The first-order valence-electron chi connectivity index (χ1n) is 9.63. The van der Waals surface area contributed by atoms with Crippen LogP contribution < -0.4 is 15.0 Å². The minimum atomic E-state index is -0.727. The molecule has 4 rings (SSSR count). The summed E-state index contributed by atoms with van der Waals surface area (Å²) >= 11 is 3.19. The molecule has 2 heterocycles. The summed E-state index contributed by atoms with van der Waals surface area (Å²) in [6, 6.07) is 11.7. The van der Waals surface area contributed by atoms with Crippen molar-refractivity contribution in [3.05, 3.63) is 52.8 Å². The number of fused-ring (bicyclic) bond motifs is 1. The quantitative estimate of drug-likeness (QED) is 0.732. The van der Waals surface area contributed by atoms with E-state index in [1.165, 1.54) is 12.1 Å². The number of hydrogen-bond donors (Lipinski definition) is 1. The molecule has 2 aromatic carbocycles. The highest BCUT2D eigenvalue weighted by Gasteiger charge is 2.34. The molecule has 1 unspecified atom stereocenters. The number of carbonyl (C=O) groups is 2. The molecule has 1 atom stereocenters. The van der Waals surface area contributed by atoms with Crippen molar-refractivity contribution in [2.45, 2.75) is 6.10 Å². The number of anilines is 2. The summed E-state index contributed by atoms with van der Waals surface area (Å²) in [6.45, 7) is 2.22. The number of nitrogens with one attached hydrogen (secondary N) is 1. The van der Waals surface area contributed by atoms with Crippen LogP contribution in [0.25, 0.3) is 0 Å². The molecule has 0 bridgehead atoms. The lowest BCUT2D eigenvalue weighted by Crippen LogP contribution is -2.53. The minimum Gasteiger partial charge on any atom is -0.477 e. The van der Waals surface area contributed by atoms with E-state index in [-0.39, 0.29) is 30.6 Å². The largest absolute Gasteiger partial charge is 0.477 e. The molecule has 0 spiro atoms. The zero-order valence-electron chi connectivity index (χ0n) is 16.1. The Morgan fingerprint density at radius 2 is 1.93 bits per heavy atom. The van der Waals surface area contributed by atoms with Gasteiger partial charge in [0.25, 0.3) is 5.91 Å². The molecular weight excluding hydrogens is 457 g/mol. The summed E-state index contributed by atoms with van der Waals surface area (Å²) in [6.07, 6.45) is -0.727. The lowest BCUT2D eigenvalue weighted by atomic mass is 10.1. The van der Waals surface area contributed by atoms with Gasteiger partial charge in [0.2, 0.25) is 5.91 Å². The highest BCUT2D eigenvalue weighted by atomic mass is 79.9. The number of ether oxygens (including phenoxy) is 2. The number of morpholine rings is 1. The summed E-state index contributed by atoms with van der Waals surface area (Å²) in [5, 5.41) is 2.59. The fourth-order valence-electron chi connectivity index (χ4n) is 3.53. The molecule has 9 heteroatoms. The van der Waals surface area contributed by atoms with Crippen LogP contribution in [-0.2, 0) is 14.3 Å². The third-order valence-electron chi connectivity index (χ3n) is 5.00. The molecule has 158 valence electrons. The fourth-order valence-corrected chi connectivity index (χ4v) is 3.86. The maximum absolute atomic E-state index is 14.1. The molecule has 2 aromatic rings. The van der Waals surface area contributed by atoms with Crippen molar-refractivity contribution in [2.24, 2.45) is 0 Å². The van der Waals surface area contributed by atoms with Crippen LogP contribution >= 0.6 is 15.9 Å². The van der Waals surface area contributed by atoms with E-state index in [2.05, 4.69) is 21.2 Å². The van der Waals surface area contributed by atoms with Gasteiger partial charge >= 0.3 is 0 Å². The zero-order chi connectivity index (χ0) is 21.1. The van der Waals surface area contributed by atoms with Gasteiger partial charge in [-0.2, -0.15) is 0 Å². The van der Waals surface area contributed by atoms with Crippen LogP contribution in [0.4, 0.5) is 15.8 Å². The van der Waals surface area contributed by atoms with Crippen molar-refractivity contribution in [3.63, 3.8) is 0 Å². The van der Waals surface area contributed by atoms with Crippen molar-refractivity contribution in [1.82, 2.24) is 4.90 Å². The number of nitrogens with zero attached hydrogens (tertiary/aromatic N) is 2. The van der Waals surface area contributed by atoms with Crippen LogP contribution in [-0.4, -0.2) is 62.2 Å². The fraction of sp³-hybridized carbons (Fsp3) is 0.333. The van der Waals surface area contributed by atoms with Crippen molar-refractivity contribution in [3.8, 4) is 5.75 Å². The van der Waals surface area contributed by atoms with Gasteiger partial charge in [-0.1, -0.05) is 28.1 Å². The van der Waals surface area contributed by atoms with Crippen molar-refractivity contribution >= 4 is 39.1 Å². The second-order valence-electron chi connectivity index (χ2n) is 7.06. The predicted molar refractivity (Wildman–Crippen MR) is 113 cm³/mol. The Morgan fingerprint density at radius 3 is 2.70 bits per heavy atom. The zero-order valence-corrected chi connectivity index (χ0v) is 17.7. The van der Waals surface area contributed by atoms with E-state index in [9.17, 15) is 14.0 Å². The van der Waals surface area contributed by atoms with E-state index in [0.717, 1.165) is 5.69 Å². The third kappa shape index (κ3) is 4.57. The van der Waals surface area contributed by atoms with E-state index < -0.39 is 11.9 Å². The topological polar surface area (TPSA) is 71.1 Å². The van der Waals surface area contributed by atoms with Gasteiger partial charge in [-0.05, 0) is 30.3 Å². The number of rotatable bonds is 4. The van der Waals surface area contributed by atoms with Crippen LogP contribution in [0.15, 0.2) is 46.9 Å². The van der Waals surface area contributed by atoms with E-state index in [1.807, 2.05) is 18.2 Å². The first-order chi connectivity index (χ1) is 14.5. The number of benzene rings is 2. The average Bonchev–Trinajstić information content (AvgIpc) is 2.75. The Labute approximate surface area is 181 Å². The highest BCUT2D eigenvalue weighted by molar-refractivity contribution is 9.10. The molecule has 2 aliphatic heterocycles. The van der Waals surface area contributed by atoms with Crippen LogP contribution in [0.1, 0.15) is 0 Å². The van der Waals surface area contributed by atoms with Gasteiger partial charge in [0.05, 0.1) is 37.7 Å². The minimum absolute atomic E-state index is 0.0389. The van der Waals surface area contributed by atoms with E-state index in [1.54, 1.807) is 21.9 Å². The van der Waals surface area contributed by atoms with Crippen molar-refractivity contribution < 1.29 is 23.5 Å². The number of carbonyl (C=O) groups excluding carboxylic acids is 2. The summed E-state index contributed by atoms with van der Waals surface area (Å²) in [7, 11) is 0. The highest BCUT2D eigenvalue weighted by Crippen LogP contribution is 2.33. The number of hydrogen-bond acceptors (Lipinski definition) is 5. The molecule has 0 saturated carbocycles. The molecule has 2 aliphatic rings. The van der Waals surface area contributed by atoms with Gasteiger partial charge in [-0.15, -0.1) is 0 Å². The number of amides is 2. The smallest absolute Gasteiger partial charge is 0.265 e. The van der Waals surface area contributed by atoms with Crippen LogP contribution in [0, 0.1) is 5.82 Å². The van der Waals surface area contributed by atoms with Gasteiger partial charge in [0.1, 0.15) is 11.6 Å². The third-order valence-corrected chi connectivity index (χ3v) is 5.49. The average molecular weight is 478 g/mol. The number of halogens is 2. The van der Waals surface area contributed by atoms with Crippen LogP contribution in [0.3, 0.4) is 0 Å². The summed E-state index contributed by atoms with van der Waals surface area (Å²) in [5.41, 5.74) is 0.820. The Bertz CT molecular complexity index is 952. The molecule has 1 fully saturated rings. The molecular formula is C21H21BrFN3O4. The van der Waals surface area contributed by atoms with Gasteiger partial charge < -0.3 is 24.6 Å². The van der Waals surface area contributed by atoms with Crippen LogP contribution in [0.5, 0.6) is 5.75 Å². The second-order valence-corrected chi connectivity index (χ2v) is 7.98. The first-order valence-corrected chi connectivity index (χ1v) is 10.4. The lowest BCUT2D eigenvalue weighted by molar-refractivity contribution is -0.142. The van der Waals surface area contributed by atoms with Gasteiger partial charge in [0, 0.05) is 17.6 Å². The second kappa shape index (κ2) is 9.01. The molecule has 1 N–H and O–H groups in total. The van der Waals surface area contributed by atoms with Crippen molar-refractivity contribution in [2.75, 3.05) is 49.6 Å². The predicted octanol–water partition coefficient (Wildman–Crippen LogP) is 2.65. The summed E-state index contributed by atoms with van der Waals surface area (Å²) < 4.78 is 25.9. The number of para-hydroxylation sites is 2. The molecule has 2 amide bonds. The Kier molecular flexibility index (Phi) is 6.19. The first kappa shape index (κ1) is 20.6. The van der Waals surface area contributed by atoms with E-state index in [4.69, 9.17) is 9.47 Å². The molecule has 30 heavy (non-hydrogen) atoms. The monoisotopic (exact) mass is 477 g/mol. The van der Waals surface area contributed by atoms with Gasteiger partial charge in [-0.25, -0.2) is 4.39 Å². The van der Waals surface area contributed by atoms with E-state index >= 15 is 0 Å². The van der Waals surface area contributed by atoms with Gasteiger partial charge in [-0.3, -0.25) is 9.59 Å². The SMILES string of the molecule is O=C(CN1CC(C(=O)N2CCOCC2)Oc2ccccc21)Nc1ccc(Br)cc1F. The Morgan fingerprint density at radius 1 is 1.17 bits per heavy atom. The molecule has 1 saturated heterocycles. The molecule has 0 aliphatic carbocycles. The van der Waals surface area contributed by atoms with Gasteiger partial charge in [0.15, 0.2) is 6.10 Å². The normalized spacial score (nSPS) is 18.4. The molecule has 0 radical (unpaired) electrons. The maximum Gasteiger partial charge on any atom is 0.265 e. The standard InChI is InChI=1S/C21H21BrFN3O4/c22-14-5-6-16(15(23)11-14)24-20(27)13-26-12-19(21(28)25-7-9-29-10-8-25)30-18-4-2-1-3-17(18)26/h1-6,11,19H,7-10,12-13H2,(H,24,27).